The van der Waals surface area contributed by atoms with Crippen molar-refractivity contribution in [3.8, 4) is 11.3 Å². The highest BCUT2D eigenvalue weighted by atomic mass is 32.2. The third-order valence-electron chi connectivity index (χ3n) is 4.71. The third-order valence-corrected chi connectivity index (χ3v) is 5.80. The Kier molecular flexibility index (Phi) is 4.09. The van der Waals surface area contributed by atoms with Gasteiger partial charge in [-0.25, -0.2) is 0 Å². The first-order valence-electron chi connectivity index (χ1n) is 8.89. The number of fused-ring (bicyclic) bond motifs is 3. The van der Waals surface area contributed by atoms with E-state index in [-0.39, 0.29) is 17.2 Å². The molecular weight excluding hydrogens is 392 g/mol. The van der Waals surface area contributed by atoms with Crippen LogP contribution in [0, 0.1) is 10.1 Å². The van der Waals surface area contributed by atoms with E-state index in [1.807, 2.05) is 18.2 Å². The number of furan rings is 1. The van der Waals surface area contributed by atoms with Crippen LogP contribution in [-0.2, 0) is 0 Å². The fourth-order valence-electron chi connectivity index (χ4n) is 3.37. The second kappa shape index (κ2) is 6.78. The number of nitrogens with one attached hydrogen (secondary N) is 1. The lowest BCUT2D eigenvalue weighted by molar-refractivity contribution is -0.384. The normalized spacial score (nSPS) is 14.3. The summed E-state index contributed by atoms with van der Waals surface area (Å²) in [5.74, 6) is -0.0714. The van der Waals surface area contributed by atoms with Crippen molar-refractivity contribution < 1.29 is 14.1 Å². The van der Waals surface area contributed by atoms with E-state index in [4.69, 9.17) is 4.42 Å². The van der Waals surface area contributed by atoms with E-state index < -0.39 is 10.8 Å². The second-order valence-electron chi connectivity index (χ2n) is 6.49. The molecule has 0 fully saturated rings. The summed E-state index contributed by atoms with van der Waals surface area (Å²) in [6, 6.07) is 15.0. The molecule has 0 radical (unpaired) electrons. The molecule has 1 amide bonds. The van der Waals surface area contributed by atoms with Crippen LogP contribution >= 0.6 is 11.8 Å². The van der Waals surface area contributed by atoms with Crippen LogP contribution in [0.2, 0.25) is 0 Å². The number of para-hydroxylation sites is 1. The van der Waals surface area contributed by atoms with Crippen molar-refractivity contribution in [3.63, 3.8) is 0 Å². The SMILES string of the molecule is O=C(Nc1ccc2c(c1)N1CCN=C1S2)c1ccc(-c2ccccc2[N+](=O)[O-])o1. The Balaban J connectivity index is 1.38. The molecule has 0 spiro atoms. The maximum atomic E-state index is 12.6. The average Bonchev–Trinajstić information content (AvgIpc) is 3.44. The van der Waals surface area contributed by atoms with Crippen molar-refractivity contribution in [1.82, 2.24) is 0 Å². The van der Waals surface area contributed by atoms with Gasteiger partial charge in [-0.3, -0.25) is 19.9 Å². The van der Waals surface area contributed by atoms with Crippen LogP contribution in [-0.4, -0.2) is 29.1 Å². The molecule has 3 heterocycles. The summed E-state index contributed by atoms with van der Waals surface area (Å²) in [5.41, 5.74) is 1.93. The van der Waals surface area contributed by atoms with E-state index >= 15 is 0 Å². The first-order valence-corrected chi connectivity index (χ1v) is 9.71. The summed E-state index contributed by atoms with van der Waals surface area (Å²) in [6.07, 6.45) is 0. The summed E-state index contributed by atoms with van der Waals surface area (Å²) >= 11 is 1.62. The van der Waals surface area contributed by atoms with E-state index in [9.17, 15) is 14.9 Å². The fraction of sp³-hybridized carbons (Fsp3) is 0.100. The van der Waals surface area contributed by atoms with Gasteiger partial charge in [0.05, 0.1) is 22.7 Å². The van der Waals surface area contributed by atoms with Crippen LogP contribution in [0.1, 0.15) is 10.6 Å². The molecular formula is C20H14N4O4S. The molecule has 3 aromatic rings. The number of nitro groups is 1. The van der Waals surface area contributed by atoms with Gasteiger partial charge in [-0.05, 0) is 48.2 Å². The van der Waals surface area contributed by atoms with Gasteiger partial charge in [-0.15, -0.1) is 0 Å². The molecule has 29 heavy (non-hydrogen) atoms. The van der Waals surface area contributed by atoms with Crippen molar-refractivity contribution in [2.75, 3.05) is 23.3 Å². The van der Waals surface area contributed by atoms with Gasteiger partial charge >= 0.3 is 0 Å². The molecule has 2 aliphatic heterocycles. The van der Waals surface area contributed by atoms with Crippen molar-refractivity contribution in [2.45, 2.75) is 4.90 Å². The van der Waals surface area contributed by atoms with Crippen LogP contribution in [0.15, 0.2) is 68.9 Å². The van der Waals surface area contributed by atoms with Crippen LogP contribution in [0.25, 0.3) is 11.3 Å². The minimum atomic E-state index is -0.476. The standard InChI is InChI=1S/C20H14N4O4S/c25-19(17-7-6-16(28-17)13-3-1-2-4-14(13)24(26)27)22-12-5-8-18-15(11-12)23-10-9-21-20(23)29-18/h1-8,11H,9-10H2,(H,22,25). The van der Waals surface area contributed by atoms with E-state index in [2.05, 4.69) is 15.2 Å². The molecule has 0 saturated carbocycles. The number of aliphatic imine (C=N–C) groups is 1. The lowest BCUT2D eigenvalue weighted by Gasteiger charge is -2.13. The number of carbonyl (C=O) groups is 1. The number of nitro benzene ring substituents is 1. The number of benzene rings is 2. The predicted octanol–water partition coefficient (Wildman–Crippen LogP) is 4.39. The maximum absolute atomic E-state index is 12.6. The lowest BCUT2D eigenvalue weighted by atomic mass is 10.1. The number of thioether (sulfide) groups is 1. The highest BCUT2D eigenvalue weighted by molar-refractivity contribution is 8.14. The first-order chi connectivity index (χ1) is 14.1. The molecule has 0 saturated heterocycles. The topological polar surface area (TPSA) is 101 Å². The number of carbonyl (C=O) groups excluding carboxylic acids is 1. The molecule has 8 nitrogen and oxygen atoms in total. The Labute approximate surface area is 169 Å². The summed E-state index contributed by atoms with van der Waals surface area (Å²) in [6.45, 7) is 1.61. The maximum Gasteiger partial charge on any atom is 0.291 e. The zero-order valence-electron chi connectivity index (χ0n) is 15.0. The largest absolute Gasteiger partial charge is 0.451 e. The molecule has 1 N–H and O–H groups in total. The van der Waals surface area contributed by atoms with E-state index in [1.54, 1.807) is 36.0 Å². The van der Waals surface area contributed by atoms with Crippen molar-refractivity contribution >= 4 is 39.9 Å². The van der Waals surface area contributed by atoms with E-state index in [1.165, 1.54) is 12.1 Å². The minimum Gasteiger partial charge on any atom is -0.451 e. The lowest BCUT2D eigenvalue weighted by Crippen LogP contribution is -2.21. The number of nitrogens with zero attached hydrogens (tertiary/aromatic N) is 3. The van der Waals surface area contributed by atoms with Crippen LogP contribution < -0.4 is 10.2 Å². The molecule has 9 heteroatoms. The molecule has 2 aliphatic rings. The van der Waals surface area contributed by atoms with Crippen LogP contribution in [0.5, 0.6) is 0 Å². The fourth-order valence-corrected chi connectivity index (χ4v) is 4.43. The Hall–Kier alpha value is -3.59. The minimum absolute atomic E-state index is 0.0759. The number of rotatable bonds is 4. The second-order valence-corrected chi connectivity index (χ2v) is 7.50. The van der Waals surface area contributed by atoms with Crippen LogP contribution in [0.4, 0.5) is 17.1 Å². The Bertz CT molecular complexity index is 1190. The van der Waals surface area contributed by atoms with Gasteiger partial charge in [0.15, 0.2) is 10.9 Å². The average molecular weight is 406 g/mol. The smallest absolute Gasteiger partial charge is 0.291 e. The molecule has 5 rings (SSSR count). The summed E-state index contributed by atoms with van der Waals surface area (Å²) in [7, 11) is 0. The predicted molar refractivity (Wildman–Crippen MR) is 111 cm³/mol. The molecule has 0 aliphatic carbocycles. The summed E-state index contributed by atoms with van der Waals surface area (Å²) in [5, 5.41) is 15.0. The van der Waals surface area contributed by atoms with Crippen LogP contribution in [0.3, 0.4) is 0 Å². The van der Waals surface area contributed by atoms with Gasteiger partial charge in [0.1, 0.15) is 5.76 Å². The van der Waals surface area contributed by atoms with Gasteiger partial charge in [0.2, 0.25) is 0 Å². The molecule has 0 bridgehead atoms. The number of hydrogen-bond donors (Lipinski definition) is 1. The zero-order chi connectivity index (χ0) is 20.0. The summed E-state index contributed by atoms with van der Waals surface area (Å²) < 4.78 is 5.61. The molecule has 0 unspecified atom stereocenters. The Morgan fingerprint density at radius 3 is 2.93 bits per heavy atom. The van der Waals surface area contributed by atoms with Gasteiger partial charge in [-0.1, -0.05) is 12.1 Å². The molecule has 2 aromatic carbocycles. The Morgan fingerprint density at radius 2 is 2.07 bits per heavy atom. The summed E-state index contributed by atoms with van der Waals surface area (Å²) in [4.78, 5) is 31.1. The van der Waals surface area contributed by atoms with Gasteiger partial charge in [0.25, 0.3) is 11.6 Å². The monoisotopic (exact) mass is 406 g/mol. The third kappa shape index (κ3) is 3.05. The van der Waals surface area contributed by atoms with Gasteiger partial charge in [0, 0.05) is 23.2 Å². The van der Waals surface area contributed by atoms with Gasteiger partial charge < -0.3 is 14.6 Å². The van der Waals surface area contributed by atoms with Gasteiger partial charge in [-0.2, -0.15) is 0 Å². The highest BCUT2D eigenvalue weighted by Crippen LogP contribution is 2.43. The number of anilines is 2. The number of hydrogen-bond acceptors (Lipinski definition) is 7. The molecule has 1 aromatic heterocycles. The zero-order valence-corrected chi connectivity index (χ0v) is 15.8. The first kappa shape index (κ1) is 17.5. The van der Waals surface area contributed by atoms with E-state index in [0.717, 1.165) is 28.8 Å². The van der Waals surface area contributed by atoms with E-state index in [0.29, 0.717) is 11.3 Å². The van der Waals surface area contributed by atoms with Crippen molar-refractivity contribution in [3.05, 3.63) is 70.5 Å². The van der Waals surface area contributed by atoms with Crippen molar-refractivity contribution in [2.24, 2.45) is 4.99 Å². The number of amidine groups is 1. The molecule has 144 valence electrons. The highest BCUT2D eigenvalue weighted by Gasteiger charge is 2.29. The Morgan fingerprint density at radius 1 is 1.21 bits per heavy atom. The number of amides is 1. The van der Waals surface area contributed by atoms with Crippen molar-refractivity contribution in [1.29, 1.82) is 0 Å². The quantitative estimate of drug-likeness (QED) is 0.509. The molecule has 0 atom stereocenters.